The zero-order chi connectivity index (χ0) is 14.8. The number of amides is 1. The summed E-state index contributed by atoms with van der Waals surface area (Å²) in [5, 5.41) is 2.25. The van der Waals surface area contributed by atoms with E-state index in [1.807, 2.05) is 45.3 Å². The number of carbonyl (C=O) groups is 1. The maximum Gasteiger partial charge on any atom is 0.227 e. The van der Waals surface area contributed by atoms with Crippen LogP contribution in [0.5, 0.6) is 0 Å². The molecule has 1 amide bonds. The summed E-state index contributed by atoms with van der Waals surface area (Å²) in [5.41, 5.74) is 6.09. The Bertz CT molecular complexity index is 616. The SMILES string of the molecule is CN(C)CCC(C)(C(N)=O)c1cccc2ccccc12. The van der Waals surface area contributed by atoms with Crippen LogP contribution in [0.1, 0.15) is 18.9 Å². The Hall–Kier alpha value is -1.87. The Morgan fingerprint density at radius 3 is 2.45 bits per heavy atom. The van der Waals surface area contributed by atoms with Crippen LogP contribution in [0.25, 0.3) is 10.8 Å². The molecule has 0 radical (unpaired) electrons. The molecule has 2 aromatic carbocycles. The quantitative estimate of drug-likeness (QED) is 0.907. The van der Waals surface area contributed by atoms with Gasteiger partial charge in [-0.15, -0.1) is 0 Å². The van der Waals surface area contributed by atoms with E-state index < -0.39 is 5.41 Å². The van der Waals surface area contributed by atoms with Crippen LogP contribution in [0.15, 0.2) is 42.5 Å². The molecular formula is C17H22N2O. The lowest BCUT2D eigenvalue weighted by Crippen LogP contribution is -2.40. The van der Waals surface area contributed by atoms with Gasteiger partial charge in [0.15, 0.2) is 0 Å². The van der Waals surface area contributed by atoms with Gasteiger partial charge < -0.3 is 10.6 Å². The number of hydrogen-bond acceptors (Lipinski definition) is 2. The molecule has 3 heteroatoms. The minimum atomic E-state index is -0.648. The molecule has 2 rings (SSSR count). The van der Waals surface area contributed by atoms with E-state index in [9.17, 15) is 4.79 Å². The van der Waals surface area contributed by atoms with Crippen molar-refractivity contribution in [1.82, 2.24) is 4.90 Å². The molecule has 2 N–H and O–H groups in total. The second-order valence-corrected chi connectivity index (χ2v) is 5.78. The number of nitrogens with zero attached hydrogens (tertiary/aromatic N) is 1. The summed E-state index contributed by atoms with van der Waals surface area (Å²) < 4.78 is 0. The van der Waals surface area contributed by atoms with Crippen molar-refractivity contribution in [2.75, 3.05) is 20.6 Å². The van der Waals surface area contributed by atoms with E-state index in [0.29, 0.717) is 6.42 Å². The molecule has 0 saturated heterocycles. The van der Waals surface area contributed by atoms with Crippen molar-refractivity contribution < 1.29 is 4.79 Å². The molecule has 0 saturated carbocycles. The summed E-state index contributed by atoms with van der Waals surface area (Å²) in [4.78, 5) is 14.2. The lowest BCUT2D eigenvalue weighted by molar-refractivity contribution is -0.123. The highest BCUT2D eigenvalue weighted by Gasteiger charge is 2.34. The van der Waals surface area contributed by atoms with E-state index >= 15 is 0 Å². The summed E-state index contributed by atoms with van der Waals surface area (Å²) in [7, 11) is 4.01. The predicted molar refractivity (Wildman–Crippen MR) is 83.7 cm³/mol. The van der Waals surface area contributed by atoms with E-state index in [1.54, 1.807) is 0 Å². The van der Waals surface area contributed by atoms with Gasteiger partial charge in [-0.2, -0.15) is 0 Å². The smallest absolute Gasteiger partial charge is 0.227 e. The van der Waals surface area contributed by atoms with Crippen LogP contribution < -0.4 is 5.73 Å². The molecule has 1 unspecified atom stereocenters. The second-order valence-electron chi connectivity index (χ2n) is 5.78. The van der Waals surface area contributed by atoms with Crippen molar-refractivity contribution in [2.45, 2.75) is 18.8 Å². The lowest BCUT2D eigenvalue weighted by atomic mass is 9.76. The van der Waals surface area contributed by atoms with Gasteiger partial charge in [-0.25, -0.2) is 0 Å². The molecule has 1 atom stereocenters. The second kappa shape index (κ2) is 5.63. The monoisotopic (exact) mass is 270 g/mol. The van der Waals surface area contributed by atoms with Crippen molar-refractivity contribution >= 4 is 16.7 Å². The number of nitrogens with two attached hydrogens (primary N) is 1. The first-order chi connectivity index (χ1) is 9.45. The van der Waals surface area contributed by atoms with Crippen molar-refractivity contribution in [3.63, 3.8) is 0 Å². The summed E-state index contributed by atoms with van der Waals surface area (Å²) in [6.07, 6.45) is 0.712. The average Bonchev–Trinajstić information content (AvgIpc) is 2.44. The zero-order valence-corrected chi connectivity index (χ0v) is 12.4. The van der Waals surface area contributed by atoms with Gasteiger partial charge in [0.05, 0.1) is 5.41 Å². The standard InChI is InChI=1S/C17H22N2O/c1-17(16(18)20,11-12-19(2)3)15-10-6-8-13-7-4-5-9-14(13)15/h4-10H,11-12H2,1-3H3,(H2,18,20). The first-order valence-electron chi connectivity index (χ1n) is 6.88. The molecule has 106 valence electrons. The van der Waals surface area contributed by atoms with Crippen molar-refractivity contribution in [3.05, 3.63) is 48.0 Å². The van der Waals surface area contributed by atoms with Gasteiger partial charge in [-0.05, 0) is 50.3 Å². The van der Waals surface area contributed by atoms with Crippen LogP contribution in [-0.2, 0) is 10.2 Å². The highest BCUT2D eigenvalue weighted by molar-refractivity contribution is 5.94. The van der Waals surface area contributed by atoms with Gasteiger partial charge in [0.1, 0.15) is 0 Å². The fourth-order valence-electron chi connectivity index (χ4n) is 2.54. The van der Waals surface area contributed by atoms with E-state index in [-0.39, 0.29) is 5.91 Å². The van der Waals surface area contributed by atoms with E-state index in [2.05, 4.69) is 23.1 Å². The number of rotatable bonds is 5. The third-order valence-electron chi connectivity index (χ3n) is 3.99. The number of primary amides is 1. The minimum Gasteiger partial charge on any atom is -0.369 e. The summed E-state index contributed by atoms with van der Waals surface area (Å²) in [5.74, 6) is -0.268. The normalized spacial score (nSPS) is 14.4. The lowest BCUT2D eigenvalue weighted by Gasteiger charge is -2.29. The first-order valence-corrected chi connectivity index (χ1v) is 6.88. The third-order valence-corrected chi connectivity index (χ3v) is 3.99. The Morgan fingerprint density at radius 2 is 1.80 bits per heavy atom. The summed E-state index contributed by atoms with van der Waals surface area (Å²) in [6, 6.07) is 14.2. The molecule has 0 aliphatic heterocycles. The number of benzene rings is 2. The molecule has 0 aliphatic carbocycles. The number of carbonyl (C=O) groups excluding carboxylic acids is 1. The van der Waals surface area contributed by atoms with Crippen LogP contribution in [0.2, 0.25) is 0 Å². The van der Waals surface area contributed by atoms with Crippen LogP contribution in [0, 0.1) is 0 Å². The highest BCUT2D eigenvalue weighted by atomic mass is 16.1. The third kappa shape index (κ3) is 2.68. The maximum absolute atomic E-state index is 12.1. The van der Waals surface area contributed by atoms with Gasteiger partial charge in [0, 0.05) is 0 Å². The first kappa shape index (κ1) is 14.5. The predicted octanol–water partition coefficient (Wildman–Crippen LogP) is 2.53. The molecule has 0 aromatic heterocycles. The van der Waals surface area contributed by atoms with E-state index in [1.165, 1.54) is 0 Å². The van der Waals surface area contributed by atoms with Crippen molar-refractivity contribution in [2.24, 2.45) is 5.73 Å². The zero-order valence-electron chi connectivity index (χ0n) is 12.4. The van der Waals surface area contributed by atoms with Crippen LogP contribution in [0.3, 0.4) is 0 Å². The number of fused-ring (bicyclic) bond motifs is 1. The molecule has 0 heterocycles. The average molecular weight is 270 g/mol. The Balaban J connectivity index is 2.54. The minimum absolute atomic E-state index is 0.268. The largest absolute Gasteiger partial charge is 0.369 e. The Morgan fingerprint density at radius 1 is 1.15 bits per heavy atom. The molecular weight excluding hydrogens is 248 g/mol. The van der Waals surface area contributed by atoms with Gasteiger partial charge in [-0.1, -0.05) is 42.5 Å². The highest BCUT2D eigenvalue weighted by Crippen LogP contribution is 2.33. The van der Waals surface area contributed by atoms with Crippen molar-refractivity contribution in [1.29, 1.82) is 0 Å². The van der Waals surface area contributed by atoms with Crippen LogP contribution >= 0.6 is 0 Å². The van der Waals surface area contributed by atoms with Gasteiger partial charge >= 0.3 is 0 Å². The molecule has 0 spiro atoms. The molecule has 0 bridgehead atoms. The van der Waals surface area contributed by atoms with Gasteiger partial charge in [0.2, 0.25) is 5.91 Å². The van der Waals surface area contributed by atoms with E-state index in [0.717, 1.165) is 22.9 Å². The fraction of sp³-hybridized carbons (Fsp3) is 0.353. The maximum atomic E-state index is 12.1. The summed E-state index contributed by atoms with van der Waals surface area (Å²) in [6.45, 7) is 2.77. The topological polar surface area (TPSA) is 46.3 Å². The van der Waals surface area contributed by atoms with Crippen LogP contribution in [-0.4, -0.2) is 31.4 Å². The Kier molecular flexibility index (Phi) is 4.09. The van der Waals surface area contributed by atoms with Gasteiger partial charge in [-0.3, -0.25) is 4.79 Å². The molecule has 3 nitrogen and oxygen atoms in total. The van der Waals surface area contributed by atoms with Crippen LogP contribution in [0.4, 0.5) is 0 Å². The molecule has 0 fully saturated rings. The molecule has 20 heavy (non-hydrogen) atoms. The fourth-order valence-corrected chi connectivity index (χ4v) is 2.54. The van der Waals surface area contributed by atoms with E-state index in [4.69, 9.17) is 5.73 Å². The van der Waals surface area contributed by atoms with Gasteiger partial charge in [0.25, 0.3) is 0 Å². The summed E-state index contributed by atoms with van der Waals surface area (Å²) >= 11 is 0. The molecule has 2 aromatic rings. The Labute approximate surface area is 120 Å². The van der Waals surface area contributed by atoms with Crippen molar-refractivity contribution in [3.8, 4) is 0 Å². The molecule has 0 aliphatic rings. The number of hydrogen-bond donors (Lipinski definition) is 1.